The fourth-order valence-electron chi connectivity index (χ4n) is 2.15. The van der Waals surface area contributed by atoms with Gasteiger partial charge in [-0.1, -0.05) is 6.07 Å². The number of alkyl halides is 3. The van der Waals surface area contributed by atoms with Crippen molar-refractivity contribution in [3.05, 3.63) is 23.8 Å². The van der Waals surface area contributed by atoms with Gasteiger partial charge in [0, 0.05) is 24.6 Å². The summed E-state index contributed by atoms with van der Waals surface area (Å²) in [6, 6.07) is 4.70. The van der Waals surface area contributed by atoms with Gasteiger partial charge in [-0.25, -0.2) is 4.99 Å². The van der Waals surface area contributed by atoms with Crippen molar-refractivity contribution in [3.8, 4) is 11.5 Å². The van der Waals surface area contributed by atoms with Crippen molar-refractivity contribution in [3.63, 3.8) is 0 Å². The van der Waals surface area contributed by atoms with Crippen LogP contribution in [0.25, 0.3) is 0 Å². The molecule has 142 valence electrons. The molecule has 0 amide bonds. The molecule has 1 aliphatic heterocycles. The standard InChI is InChI=1S/C15H20F3N3O2S.HI/c1-22-13-8-11(2-3-12(13)23-10-15(16,17)18)9-20-14(19)21-4-6-24-7-5-21;/h2-3,8H,4-7,9-10H2,1H3,(H2,19,20);1H. The van der Waals surface area contributed by atoms with Crippen LogP contribution in [0.4, 0.5) is 13.2 Å². The van der Waals surface area contributed by atoms with Crippen LogP contribution in [-0.4, -0.2) is 55.3 Å². The number of rotatable bonds is 5. The van der Waals surface area contributed by atoms with Crippen LogP contribution in [0.15, 0.2) is 23.2 Å². The number of benzene rings is 1. The predicted octanol–water partition coefficient (Wildman–Crippen LogP) is 3.12. The molecule has 0 aliphatic carbocycles. The van der Waals surface area contributed by atoms with Gasteiger partial charge in [0.25, 0.3) is 0 Å². The van der Waals surface area contributed by atoms with E-state index < -0.39 is 12.8 Å². The fraction of sp³-hybridized carbons (Fsp3) is 0.533. The number of thioether (sulfide) groups is 1. The van der Waals surface area contributed by atoms with Crippen LogP contribution in [0.3, 0.4) is 0 Å². The lowest BCUT2D eigenvalue weighted by Crippen LogP contribution is -2.42. The van der Waals surface area contributed by atoms with Crippen LogP contribution in [-0.2, 0) is 6.54 Å². The van der Waals surface area contributed by atoms with Crippen LogP contribution >= 0.6 is 35.7 Å². The average molecular weight is 491 g/mol. The zero-order valence-electron chi connectivity index (χ0n) is 13.7. The molecule has 0 atom stereocenters. The molecule has 0 bridgehead atoms. The molecular formula is C15H21F3IN3O2S. The molecule has 2 N–H and O–H groups in total. The topological polar surface area (TPSA) is 60.1 Å². The van der Waals surface area contributed by atoms with Gasteiger partial charge in [0.15, 0.2) is 24.1 Å². The Morgan fingerprint density at radius 2 is 1.96 bits per heavy atom. The van der Waals surface area contributed by atoms with Gasteiger partial charge < -0.3 is 20.1 Å². The monoisotopic (exact) mass is 491 g/mol. The smallest absolute Gasteiger partial charge is 0.422 e. The normalized spacial score (nSPS) is 15.5. The van der Waals surface area contributed by atoms with E-state index in [-0.39, 0.29) is 35.5 Å². The third-order valence-electron chi connectivity index (χ3n) is 3.38. The summed E-state index contributed by atoms with van der Waals surface area (Å²) in [5, 5.41) is 0. The van der Waals surface area contributed by atoms with Crippen LogP contribution in [0.1, 0.15) is 5.56 Å². The third kappa shape index (κ3) is 7.38. The van der Waals surface area contributed by atoms with Crippen molar-refractivity contribution in [1.82, 2.24) is 4.90 Å². The van der Waals surface area contributed by atoms with E-state index in [0.717, 1.165) is 30.2 Å². The summed E-state index contributed by atoms with van der Waals surface area (Å²) in [5.41, 5.74) is 6.76. The van der Waals surface area contributed by atoms with Crippen molar-refractivity contribution in [1.29, 1.82) is 0 Å². The Kier molecular flexibility index (Phi) is 8.97. The maximum atomic E-state index is 12.2. The molecule has 0 unspecified atom stereocenters. The molecule has 1 heterocycles. The lowest BCUT2D eigenvalue weighted by molar-refractivity contribution is -0.153. The highest BCUT2D eigenvalue weighted by Gasteiger charge is 2.29. The lowest BCUT2D eigenvalue weighted by atomic mass is 10.2. The Morgan fingerprint density at radius 1 is 1.28 bits per heavy atom. The van der Waals surface area contributed by atoms with Gasteiger partial charge >= 0.3 is 6.18 Å². The van der Waals surface area contributed by atoms with E-state index >= 15 is 0 Å². The van der Waals surface area contributed by atoms with Crippen LogP contribution in [0, 0.1) is 0 Å². The van der Waals surface area contributed by atoms with Crippen LogP contribution < -0.4 is 15.2 Å². The third-order valence-corrected chi connectivity index (χ3v) is 4.32. The molecule has 5 nitrogen and oxygen atoms in total. The van der Waals surface area contributed by atoms with E-state index in [0.29, 0.717) is 12.5 Å². The van der Waals surface area contributed by atoms with Crippen molar-refractivity contribution in [2.45, 2.75) is 12.7 Å². The van der Waals surface area contributed by atoms with Crippen molar-refractivity contribution in [2.75, 3.05) is 38.3 Å². The van der Waals surface area contributed by atoms with Gasteiger partial charge in [0.1, 0.15) is 0 Å². The van der Waals surface area contributed by atoms with Gasteiger partial charge in [0.2, 0.25) is 0 Å². The second-order valence-corrected chi connectivity index (χ2v) is 6.39. The minimum atomic E-state index is -4.39. The lowest BCUT2D eigenvalue weighted by Gasteiger charge is -2.27. The van der Waals surface area contributed by atoms with E-state index in [4.69, 9.17) is 15.2 Å². The highest BCUT2D eigenvalue weighted by atomic mass is 127. The Balaban J connectivity index is 0.00000312. The molecular weight excluding hydrogens is 470 g/mol. The second kappa shape index (κ2) is 10.2. The van der Waals surface area contributed by atoms with Gasteiger partial charge in [-0.2, -0.15) is 24.9 Å². The summed E-state index contributed by atoms with van der Waals surface area (Å²) >= 11 is 1.88. The first-order valence-corrected chi connectivity index (χ1v) is 8.53. The summed E-state index contributed by atoms with van der Waals surface area (Å²) in [4.78, 5) is 6.37. The molecule has 1 aliphatic rings. The quantitative estimate of drug-likeness (QED) is 0.390. The number of hydrogen-bond acceptors (Lipinski definition) is 4. The maximum Gasteiger partial charge on any atom is 0.422 e. The molecule has 1 aromatic carbocycles. The molecule has 0 saturated carbocycles. The zero-order chi connectivity index (χ0) is 17.6. The van der Waals surface area contributed by atoms with E-state index in [1.807, 2.05) is 16.7 Å². The molecule has 25 heavy (non-hydrogen) atoms. The van der Waals surface area contributed by atoms with Crippen molar-refractivity contribution in [2.24, 2.45) is 10.7 Å². The molecule has 10 heteroatoms. The highest BCUT2D eigenvalue weighted by molar-refractivity contribution is 14.0. The second-order valence-electron chi connectivity index (χ2n) is 5.16. The number of methoxy groups -OCH3 is 1. The number of nitrogens with zero attached hydrogens (tertiary/aromatic N) is 2. The number of halogens is 4. The molecule has 1 aromatic rings. The molecule has 0 spiro atoms. The summed E-state index contributed by atoms with van der Waals surface area (Å²) in [6.07, 6.45) is -4.39. The minimum Gasteiger partial charge on any atom is -0.493 e. The number of nitrogens with two attached hydrogens (primary N) is 1. The first-order valence-electron chi connectivity index (χ1n) is 7.38. The van der Waals surface area contributed by atoms with Crippen molar-refractivity contribution < 1.29 is 22.6 Å². The SMILES string of the molecule is COc1cc(CN=C(N)N2CCSCC2)ccc1OCC(F)(F)F.I. The van der Waals surface area contributed by atoms with Crippen molar-refractivity contribution >= 4 is 41.7 Å². The summed E-state index contributed by atoms with van der Waals surface area (Å²) in [5.74, 6) is 2.81. The van der Waals surface area contributed by atoms with Gasteiger partial charge in [0.05, 0.1) is 13.7 Å². The number of aliphatic imine (C=N–C) groups is 1. The van der Waals surface area contributed by atoms with Crippen LogP contribution in [0.2, 0.25) is 0 Å². The zero-order valence-corrected chi connectivity index (χ0v) is 16.9. The number of hydrogen-bond donors (Lipinski definition) is 1. The average Bonchev–Trinajstić information content (AvgIpc) is 2.58. The Hall–Kier alpha value is -1.04. The van der Waals surface area contributed by atoms with Gasteiger partial charge in [-0.3, -0.25) is 0 Å². The molecule has 2 rings (SSSR count). The minimum absolute atomic E-state index is 0. The largest absolute Gasteiger partial charge is 0.493 e. The van der Waals surface area contributed by atoms with Gasteiger partial charge in [-0.05, 0) is 17.7 Å². The fourth-order valence-corrected chi connectivity index (χ4v) is 3.06. The van der Waals surface area contributed by atoms with E-state index in [1.165, 1.54) is 13.2 Å². The first kappa shape index (κ1) is 22.0. The Morgan fingerprint density at radius 3 is 2.56 bits per heavy atom. The molecule has 1 fully saturated rings. The predicted molar refractivity (Wildman–Crippen MR) is 104 cm³/mol. The summed E-state index contributed by atoms with van der Waals surface area (Å²) < 4.78 is 46.6. The van der Waals surface area contributed by atoms with Crippen LogP contribution in [0.5, 0.6) is 11.5 Å². The summed E-state index contributed by atoms with van der Waals surface area (Å²) in [6.45, 7) is 0.702. The molecule has 0 aromatic heterocycles. The van der Waals surface area contributed by atoms with Gasteiger partial charge in [-0.15, -0.1) is 24.0 Å². The number of ether oxygens (including phenoxy) is 2. The van der Waals surface area contributed by atoms with E-state index in [9.17, 15) is 13.2 Å². The number of guanidine groups is 1. The Labute approximate surface area is 166 Å². The van der Waals surface area contributed by atoms with E-state index in [2.05, 4.69) is 4.99 Å². The summed E-state index contributed by atoms with van der Waals surface area (Å²) in [7, 11) is 1.38. The highest BCUT2D eigenvalue weighted by Crippen LogP contribution is 2.30. The molecule has 1 saturated heterocycles. The van der Waals surface area contributed by atoms with E-state index in [1.54, 1.807) is 12.1 Å². The first-order chi connectivity index (χ1) is 11.4. The Bertz CT molecular complexity index is 582. The maximum absolute atomic E-state index is 12.2. The molecule has 0 radical (unpaired) electrons.